The summed E-state index contributed by atoms with van der Waals surface area (Å²) in [6.07, 6.45) is 0. The predicted octanol–water partition coefficient (Wildman–Crippen LogP) is 6.36. The van der Waals surface area contributed by atoms with Crippen LogP contribution in [0.25, 0.3) is 22.8 Å². The fourth-order valence-corrected chi connectivity index (χ4v) is 4.83. The van der Waals surface area contributed by atoms with Crippen molar-refractivity contribution in [3.8, 4) is 22.8 Å². The molecular weight excluding hydrogens is 519 g/mol. The predicted molar refractivity (Wildman–Crippen MR) is 156 cm³/mol. The molecule has 1 N–H and O–H groups in total. The van der Waals surface area contributed by atoms with E-state index >= 15 is 0 Å². The van der Waals surface area contributed by atoms with Crippen LogP contribution >= 0.6 is 0 Å². The molecule has 2 heterocycles. The molecule has 1 saturated heterocycles. The minimum absolute atomic E-state index is 0.188. The molecule has 204 valence electrons. The summed E-state index contributed by atoms with van der Waals surface area (Å²) in [4.78, 5) is 35.1. The van der Waals surface area contributed by atoms with E-state index in [2.05, 4.69) is 27.3 Å². The summed E-state index contributed by atoms with van der Waals surface area (Å²) in [6.45, 7) is 2.57. The number of rotatable bonds is 6. The molecule has 4 aromatic carbocycles. The molecule has 1 fully saturated rings. The van der Waals surface area contributed by atoms with Crippen molar-refractivity contribution in [3.05, 3.63) is 126 Å². The maximum absolute atomic E-state index is 13.8. The quantitative estimate of drug-likeness (QED) is 0.268. The number of halogens is 1. The lowest BCUT2D eigenvalue weighted by molar-refractivity contribution is 0.0741. The second-order valence-corrected chi connectivity index (χ2v) is 9.72. The molecule has 0 saturated carbocycles. The van der Waals surface area contributed by atoms with Gasteiger partial charge in [0.2, 0.25) is 5.89 Å². The van der Waals surface area contributed by atoms with Gasteiger partial charge in [0.05, 0.1) is 0 Å². The van der Waals surface area contributed by atoms with E-state index in [4.69, 9.17) is 4.42 Å². The Morgan fingerprint density at radius 3 is 2.02 bits per heavy atom. The number of piperazine rings is 1. The fourth-order valence-electron chi connectivity index (χ4n) is 4.83. The lowest BCUT2D eigenvalue weighted by atomic mass is 10.1. The molecule has 8 heteroatoms. The molecule has 5 aromatic rings. The van der Waals surface area contributed by atoms with Gasteiger partial charge in [-0.2, -0.15) is 0 Å². The lowest BCUT2D eigenvalue weighted by Crippen LogP contribution is -2.49. The van der Waals surface area contributed by atoms with Gasteiger partial charge in [0, 0.05) is 54.2 Å². The highest BCUT2D eigenvalue weighted by atomic mass is 19.1. The highest BCUT2D eigenvalue weighted by molar-refractivity contribution is 6.04. The van der Waals surface area contributed by atoms with Gasteiger partial charge < -0.3 is 19.5 Å². The lowest BCUT2D eigenvalue weighted by Gasteiger charge is -2.35. The van der Waals surface area contributed by atoms with E-state index in [9.17, 15) is 14.0 Å². The van der Waals surface area contributed by atoms with Crippen LogP contribution in [-0.4, -0.2) is 47.9 Å². The van der Waals surface area contributed by atoms with Gasteiger partial charge in [-0.15, -0.1) is 0 Å². The second kappa shape index (κ2) is 11.5. The number of carbonyl (C=O) groups excluding carboxylic acids is 2. The number of benzene rings is 4. The van der Waals surface area contributed by atoms with Gasteiger partial charge >= 0.3 is 0 Å². The summed E-state index contributed by atoms with van der Waals surface area (Å²) in [5.74, 6) is -0.214. The number of amides is 2. The first-order valence-electron chi connectivity index (χ1n) is 13.4. The van der Waals surface area contributed by atoms with Gasteiger partial charge in [-0.25, -0.2) is 9.37 Å². The molecule has 41 heavy (non-hydrogen) atoms. The first-order valence-corrected chi connectivity index (χ1v) is 13.4. The summed E-state index contributed by atoms with van der Waals surface area (Å²) in [5, 5.41) is 2.81. The topological polar surface area (TPSA) is 78.7 Å². The normalized spacial score (nSPS) is 13.2. The average Bonchev–Trinajstić information content (AvgIpc) is 3.48. The largest absolute Gasteiger partial charge is 0.435 e. The zero-order chi connectivity index (χ0) is 28.2. The molecule has 7 nitrogen and oxygen atoms in total. The molecule has 0 unspecified atom stereocenters. The van der Waals surface area contributed by atoms with E-state index in [1.165, 1.54) is 24.3 Å². The smallest absolute Gasteiger partial charge is 0.276 e. The van der Waals surface area contributed by atoms with Crippen molar-refractivity contribution >= 4 is 23.2 Å². The van der Waals surface area contributed by atoms with Crippen LogP contribution in [0.15, 0.2) is 114 Å². The first-order chi connectivity index (χ1) is 20.0. The third-order valence-electron chi connectivity index (χ3n) is 7.05. The number of oxazole rings is 1. The molecule has 0 radical (unpaired) electrons. The van der Waals surface area contributed by atoms with Gasteiger partial charge in [-0.05, 0) is 72.8 Å². The minimum Gasteiger partial charge on any atom is -0.435 e. The van der Waals surface area contributed by atoms with Crippen molar-refractivity contribution in [2.75, 3.05) is 36.4 Å². The van der Waals surface area contributed by atoms with Crippen LogP contribution in [-0.2, 0) is 0 Å². The molecular formula is C33H27FN4O3. The van der Waals surface area contributed by atoms with Crippen molar-refractivity contribution in [1.29, 1.82) is 0 Å². The highest BCUT2D eigenvalue weighted by Crippen LogP contribution is 2.32. The van der Waals surface area contributed by atoms with Crippen LogP contribution in [0.2, 0.25) is 0 Å². The summed E-state index contributed by atoms with van der Waals surface area (Å²) in [6, 6.07) is 32.0. The Morgan fingerprint density at radius 2 is 1.37 bits per heavy atom. The van der Waals surface area contributed by atoms with E-state index in [-0.39, 0.29) is 17.5 Å². The van der Waals surface area contributed by atoms with Gasteiger partial charge in [0.15, 0.2) is 11.5 Å². The Hall–Kier alpha value is -5.24. The number of hydrogen-bond donors (Lipinski definition) is 1. The third kappa shape index (κ3) is 5.72. The van der Waals surface area contributed by atoms with Crippen molar-refractivity contribution in [2.45, 2.75) is 0 Å². The van der Waals surface area contributed by atoms with Crippen molar-refractivity contribution in [2.24, 2.45) is 0 Å². The van der Waals surface area contributed by atoms with E-state index < -0.39 is 5.82 Å². The minimum atomic E-state index is -0.406. The number of nitrogens with one attached hydrogen (secondary N) is 1. The molecule has 2 amide bonds. The highest BCUT2D eigenvalue weighted by Gasteiger charge is 2.29. The maximum atomic E-state index is 13.8. The van der Waals surface area contributed by atoms with Crippen molar-refractivity contribution < 1.29 is 18.4 Å². The third-order valence-corrected chi connectivity index (χ3v) is 7.05. The summed E-state index contributed by atoms with van der Waals surface area (Å²) in [7, 11) is 0. The molecule has 1 aliphatic heterocycles. The fraction of sp³-hybridized carbons (Fsp3) is 0.121. The van der Waals surface area contributed by atoms with E-state index in [0.29, 0.717) is 41.6 Å². The second-order valence-electron chi connectivity index (χ2n) is 9.72. The Balaban J connectivity index is 1.24. The van der Waals surface area contributed by atoms with Gasteiger partial charge in [0.1, 0.15) is 5.82 Å². The Kier molecular flexibility index (Phi) is 7.28. The number of anilines is 2. The Morgan fingerprint density at radius 1 is 0.732 bits per heavy atom. The molecule has 0 spiro atoms. The molecule has 0 atom stereocenters. The van der Waals surface area contributed by atoms with E-state index in [1.807, 2.05) is 53.4 Å². The van der Waals surface area contributed by atoms with Crippen LogP contribution in [0.4, 0.5) is 15.8 Å². The number of para-hydroxylation sites is 1. The number of carbonyl (C=O) groups is 2. The monoisotopic (exact) mass is 546 g/mol. The van der Waals surface area contributed by atoms with E-state index in [0.717, 1.165) is 24.3 Å². The van der Waals surface area contributed by atoms with Crippen LogP contribution in [0.3, 0.4) is 0 Å². The summed E-state index contributed by atoms with van der Waals surface area (Å²) < 4.78 is 19.4. The molecule has 0 aliphatic carbocycles. The maximum Gasteiger partial charge on any atom is 0.276 e. The molecule has 6 rings (SSSR count). The summed E-state index contributed by atoms with van der Waals surface area (Å²) >= 11 is 0. The van der Waals surface area contributed by atoms with Crippen LogP contribution < -0.4 is 10.2 Å². The standard InChI is InChI=1S/C33H27FN4O3/c34-26-15-11-24(12-16-26)31(39)35-27-17-13-23(14-18-27)30-29(36-32(41-30)25-7-3-1-4-8-25)33(40)38-21-19-37(20-22-38)28-9-5-2-6-10-28/h1-18H,19-22H2,(H,35,39). The first kappa shape index (κ1) is 26.0. The number of hydrogen-bond acceptors (Lipinski definition) is 5. The Labute approximate surface area is 236 Å². The van der Waals surface area contributed by atoms with Crippen LogP contribution in [0, 0.1) is 5.82 Å². The zero-order valence-corrected chi connectivity index (χ0v) is 22.2. The average molecular weight is 547 g/mol. The summed E-state index contributed by atoms with van der Waals surface area (Å²) in [5.41, 5.74) is 3.71. The Bertz CT molecular complexity index is 1650. The van der Waals surface area contributed by atoms with Gasteiger partial charge in [0.25, 0.3) is 11.8 Å². The van der Waals surface area contributed by atoms with Crippen molar-refractivity contribution in [3.63, 3.8) is 0 Å². The van der Waals surface area contributed by atoms with Crippen LogP contribution in [0.5, 0.6) is 0 Å². The molecule has 1 aliphatic rings. The number of nitrogens with zero attached hydrogens (tertiary/aromatic N) is 3. The molecule has 1 aromatic heterocycles. The van der Waals surface area contributed by atoms with Crippen LogP contribution in [0.1, 0.15) is 20.8 Å². The van der Waals surface area contributed by atoms with E-state index in [1.54, 1.807) is 24.3 Å². The van der Waals surface area contributed by atoms with Gasteiger partial charge in [-0.3, -0.25) is 9.59 Å². The number of aromatic nitrogens is 1. The SMILES string of the molecule is O=C(Nc1ccc(-c2oc(-c3ccccc3)nc2C(=O)N2CCN(c3ccccc3)CC2)cc1)c1ccc(F)cc1. The molecule has 0 bridgehead atoms. The zero-order valence-electron chi connectivity index (χ0n) is 22.2. The van der Waals surface area contributed by atoms with Gasteiger partial charge in [-0.1, -0.05) is 36.4 Å². The van der Waals surface area contributed by atoms with Crippen molar-refractivity contribution in [1.82, 2.24) is 9.88 Å².